The van der Waals surface area contributed by atoms with Crippen molar-refractivity contribution in [2.45, 2.75) is 6.92 Å². The van der Waals surface area contributed by atoms with Crippen LogP contribution in [0.5, 0.6) is 0 Å². The first kappa shape index (κ1) is 20.0. The second-order valence-electron chi connectivity index (χ2n) is 6.45. The van der Waals surface area contributed by atoms with E-state index in [-0.39, 0.29) is 11.5 Å². The number of amides is 1. The molecule has 30 heavy (non-hydrogen) atoms. The van der Waals surface area contributed by atoms with Crippen LogP contribution in [0.3, 0.4) is 0 Å². The number of carboxylic acids is 1. The molecule has 1 aliphatic rings. The number of nitrogens with one attached hydrogen (secondary N) is 1. The molecule has 1 amide bonds. The molecule has 1 aliphatic heterocycles. The van der Waals surface area contributed by atoms with E-state index in [0.29, 0.717) is 37.9 Å². The van der Waals surface area contributed by atoms with Gasteiger partial charge in [0.15, 0.2) is 5.17 Å². The van der Waals surface area contributed by atoms with Crippen LogP contribution in [0.2, 0.25) is 5.02 Å². The van der Waals surface area contributed by atoms with Crippen molar-refractivity contribution < 1.29 is 19.1 Å². The molecule has 2 N–H and O–H groups in total. The van der Waals surface area contributed by atoms with Gasteiger partial charge in [0.1, 0.15) is 11.5 Å². The van der Waals surface area contributed by atoms with Crippen molar-refractivity contribution in [3.8, 4) is 11.3 Å². The van der Waals surface area contributed by atoms with Gasteiger partial charge in [0.2, 0.25) is 0 Å². The normalized spacial score (nSPS) is 16.3. The molecule has 4 rings (SSSR count). The van der Waals surface area contributed by atoms with Crippen molar-refractivity contribution in [3.05, 3.63) is 81.4 Å². The number of aromatic carboxylic acids is 1. The van der Waals surface area contributed by atoms with E-state index in [2.05, 4.69) is 10.3 Å². The number of thioether (sulfide) groups is 1. The van der Waals surface area contributed by atoms with E-state index in [1.807, 2.05) is 13.0 Å². The van der Waals surface area contributed by atoms with Crippen LogP contribution in [0.15, 0.2) is 68.9 Å². The number of carboxylic acid groups (broad SMARTS) is 1. The highest BCUT2D eigenvalue weighted by molar-refractivity contribution is 8.18. The molecule has 1 aromatic heterocycles. The Morgan fingerprint density at radius 1 is 1.20 bits per heavy atom. The molecule has 0 atom stereocenters. The van der Waals surface area contributed by atoms with Crippen molar-refractivity contribution in [1.29, 1.82) is 0 Å². The fourth-order valence-corrected chi connectivity index (χ4v) is 3.81. The van der Waals surface area contributed by atoms with E-state index in [9.17, 15) is 9.59 Å². The quantitative estimate of drug-likeness (QED) is 0.525. The maximum absolute atomic E-state index is 12.3. The number of hydrogen-bond donors (Lipinski definition) is 2. The van der Waals surface area contributed by atoms with Gasteiger partial charge in [0.05, 0.1) is 16.2 Å². The largest absolute Gasteiger partial charge is 0.478 e. The molecule has 8 heteroatoms. The molecule has 0 bridgehead atoms. The van der Waals surface area contributed by atoms with Crippen LogP contribution in [-0.4, -0.2) is 22.2 Å². The molecule has 3 aromatic rings. The number of benzene rings is 2. The SMILES string of the molecule is Cc1c(Cl)cccc1N=C1NC(=O)/C(=C/c2ccc(-c3cccc(C(=O)O)c3)o2)S1. The highest BCUT2D eigenvalue weighted by atomic mass is 35.5. The molecule has 150 valence electrons. The summed E-state index contributed by atoms with van der Waals surface area (Å²) in [7, 11) is 0. The van der Waals surface area contributed by atoms with Gasteiger partial charge in [-0.05, 0) is 60.6 Å². The Hall–Kier alpha value is -3.29. The Morgan fingerprint density at radius 3 is 2.80 bits per heavy atom. The Kier molecular flexibility index (Phi) is 5.48. The summed E-state index contributed by atoms with van der Waals surface area (Å²) in [5.74, 6) is -0.295. The zero-order valence-electron chi connectivity index (χ0n) is 15.7. The summed E-state index contributed by atoms with van der Waals surface area (Å²) < 4.78 is 5.78. The zero-order chi connectivity index (χ0) is 21.3. The lowest BCUT2D eigenvalue weighted by Crippen LogP contribution is -2.19. The van der Waals surface area contributed by atoms with Crippen LogP contribution in [0, 0.1) is 6.92 Å². The monoisotopic (exact) mass is 438 g/mol. The Labute approximate surface area is 181 Å². The van der Waals surface area contributed by atoms with Gasteiger partial charge in [-0.25, -0.2) is 9.79 Å². The summed E-state index contributed by atoms with van der Waals surface area (Å²) in [6, 6.07) is 15.3. The average molecular weight is 439 g/mol. The minimum absolute atomic E-state index is 0.173. The fraction of sp³-hybridized carbons (Fsp3) is 0.0455. The molecule has 0 unspecified atom stereocenters. The number of nitrogens with zero attached hydrogens (tertiary/aromatic N) is 1. The second-order valence-corrected chi connectivity index (χ2v) is 7.89. The van der Waals surface area contributed by atoms with Crippen LogP contribution in [0.4, 0.5) is 5.69 Å². The summed E-state index contributed by atoms with van der Waals surface area (Å²) in [4.78, 5) is 28.4. The van der Waals surface area contributed by atoms with E-state index < -0.39 is 5.97 Å². The van der Waals surface area contributed by atoms with Gasteiger partial charge < -0.3 is 14.8 Å². The molecule has 0 aliphatic carbocycles. The predicted octanol–water partition coefficient (Wildman–Crippen LogP) is 5.50. The van der Waals surface area contributed by atoms with E-state index in [4.69, 9.17) is 21.1 Å². The van der Waals surface area contributed by atoms with E-state index >= 15 is 0 Å². The lowest BCUT2D eigenvalue weighted by molar-refractivity contribution is -0.115. The summed E-state index contributed by atoms with van der Waals surface area (Å²) in [5.41, 5.74) is 2.33. The molecule has 2 heterocycles. The van der Waals surface area contributed by atoms with Gasteiger partial charge in [-0.3, -0.25) is 4.79 Å². The maximum atomic E-state index is 12.3. The minimum atomic E-state index is -1.01. The van der Waals surface area contributed by atoms with Crippen molar-refractivity contribution in [2.75, 3.05) is 0 Å². The lowest BCUT2D eigenvalue weighted by Gasteiger charge is -2.02. The van der Waals surface area contributed by atoms with Gasteiger partial charge in [-0.15, -0.1) is 0 Å². The van der Waals surface area contributed by atoms with Crippen LogP contribution in [0.25, 0.3) is 17.4 Å². The Bertz CT molecular complexity index is 1230. The number of hydrogen-bond acceptors (Lipinski definition) is 5. The summed E-state index contributed by atoms with van der Waals surface area (Å²) >= 11 is 7.33. The first-order valence-electron chi connectivity index (χ1n) is 8.89. The standard InChI is InChI=1S/C22H15ClN2O4S/c1-12-16(23)6-3-7-17(12)24-22-25-20(26)19(30-22)11-15-8-9-18(29-15)13-4-2-5-14(10-13)21(27)28/h2-11H,1H3,(H,27,28)(H,24,25,26)/b19-11-. The first-order chi connectivity index (χ1) is 14.4. The molecular formula is C22H15ClN2O4S. The van der Waals surface area contributed by atoms with Crippen LogP contribution < -0.4 is 5.32 Å². The molecular weight excluding hydrogens is 424 g/mol. The summed E-state index contributed by atoms with van der Waals surface area (Å²) in [6.07, 6.45) is 1.62. The zero-order valence-corrected chi connectivity index (χ0v) is 17.3. The highest BCUT2D eigenvalue weighted by Crippen LogP contribution is 2.32. The average Bonchev–Trinajstić information content (AvgIpc) is 3.32. The number of rotatable bonds is 4. The van der Waals surface area contributed by atoms with Crippen LogP contribution in [0.1, 0.15) is 21.7 Å². The fourth-order valence-electron chi connectivity index (χ4n) is 2.83. The van der Waals surface area contributed by atoms with Crippen molar-refractivity contribution in [2.24, 2.45) is 4.99 Å². The van der Waals surface area contributed by atoms with E-state index in [1.54, 1.807) is 42.5 Å². The van der Waals surface area contributed by atoms with Crippen molar-refractivity contribution >= 4 is 52.2 Å². The highest BCUT2D eigenvalue weighted by Gasteiger charge is 2.24. The van der Waals surface area contributed by atoms with Gasteiger partial charge in [-0.1, -0.05) is 29.8 Å². The third-order valence-corrected chi connectivity index (χ3v) is 5.73. The van der Waals surface area contributed by atoms with Crippen LogP contribution >= 0.6 is 23.4 Å². The molecule has 0 saturated carbocycles. The topological polar surface area (TPSA) is 91.9 Å². The third-order valence-electron chi connectivity index (χ3n) is 4.41. The number of halogens is 1. The van der Waals surface area contributed by atoms with Crippen molar-refractivity contribution in [3.63, 3.8) is 0 Å². The van der Waals surface area contributed by atoms with E-state index in [1.165, 1.54) is 23.9 Å². The number of amidine groups is 1. The Morgan fingerprint density at radius 2 is 2.00 bits per heavy atom. The van der Waals surface area contributed by atoms with Gasteiger partial charge in [0, 0.05) is 16.7 Å². The van der Waals surface area contributed by atoms with Gasteiger partial charge in [0.25, 0.3) is 5.91 Å². The molecule has 0 radical (unpaired) electrons. The minimum Gasteiger partial charge on any atom is -0.478 e. The number of carbonyl (C=O) groups is 2. The first-order valence-corrected chi connectivity index (χ1v) is 10.1. The molecule has 1 saturated heterocycles. The lowest BCUT2D eigenvalue weighted by atomic mass is 10.1. The second kappa shape index (κ2) is 8.22. The number of aliphatic imine (C=N–C) groups is 1. The predicted molar refractivity (Wildman–Crippen MR) is 118 cm³/mol. The number of furan rings is 1. The van der Waals surface area contributed by atoms with E-state index in [0.717, 1.165) is 5.56 Å². The third kappa shape index (κ3) is 4.17. The summed E-state index contributed by atoms with van der Waals surface area (Å²) in [6.45, 7) is 1.86. The number of carbonyl (C=O) groups excluding carboxylic acids is 1. The summed E-state index contributed by atoms with van der Waals surface area (Å²) in [5, 5.41) is 12.9. The molecule has 2 aromatic carbocycles. The van der Waals surface area contributed by atoms with Gasteiger partial charge >= 0.3 is 5.97 Å². The molecule has 6 nitrogen and oxygen atoms in total. The Balaban J connectivity index is 1.57. The molecule has 1 fully saturated rings. The smallest absolute Gasteiger partial charge is 0.335 e. The van der Waals surface area contributed by atoms with Crippen molar-refractivity contribution in [1.82, 2.24) is 5.32 Å². The van der Waals surface area contributed by atoms with Gasteiger partial charge in [-0.2, -0.15) is 0 Å². The van der Waals surface area contributed by atoms with Crippen LogP contribution in [-0.2, 0) is 4.79 Å². The maximum Gasteiger partial charge on any atom is 0.335 e. The molecule has 0 spiro atoms.